The number of carboxylic acid groups (broad SMARTS) is 1. The molecular formula is C15H20O4. The molecule has 1 N–H and O–H groups in total. The van der Waals surface area contributed by atoms with E-state index in [9.17, 15) is 4.79 Å². The van der Waals surface area contributed by atoms with Crippen molar-refractivity contribution in [1.29, 1.82) is 0 Å². The van der Waals surface area contributed by atoms with E-state index in [4.69, 9.17) is 14.6 Å². The number of benzene rings is 1. The average molecular weight is 264 g/mol. The Morgan fingerprint density at radius 1 is 1.26 bits per heavy atom. The van der Waals surface area contributed by atoms with E-state index >= 15 is 0 Å². The van der Waals surface area contributed by atoms with Gasteiger partial charge in [0.2, 0.25) is 0 Å². The van der Waals surface area contributed by atoms with Crippen molar-refractivity contribution < 1.29 is 19.4 Å². The van der Waals surface area contributed by atoms with E-state index in [0.717, 1.165) is 11.1 Å². The molecule has 4 nitrogen and oxygen atoms in total. The van der Waals surface area contributed by atoms with E-state index in [2.05, 4.69) is 6.58 Å². The van der Waals surface area contributed by atoms with Crippen LogP contribution in [0.5, 0.6) is 11.5 Å². The summed E-state index contributed by atoms with van der Waals surface area (Å²) < 4.78 is 10.4. The molecule has 0 fully saturated rings. The lowest BCUT2D eigenvalue weighted by Crippen LogP contribution is -2.11. The summed E-state index contributed by atoms with van der Waals surface area (Å²) in [7, 11) is 3.18. The fourth-order valence-electron chi connectivity index (χ4n) is 1.90. The van der Waals surface area contributed by atoms with Crippen molar-refractivity contribution in [1.82, 2.24) is 0 Å². The molecule has 19 heavy (non-hydrogen) atoms. The number of hydrogen-bond donors (Lipinski definition) is 1. The lowest BCUT2D eigenvalue weighted by molar-refractivity contribution is -0.137. The van der Waals surface area contributed by atoms with Gasteiger partial charge in [-0.05, 0) is 37.0 Å². The maximum atomic E-state index is 10.9. The Kier molecular flexibility index (Phi) is 5.42. The minimum absolute atomic E-state index is 0.0782. The fourth-order valence-corrected chi connectivity index (χ4v) is 1.90. The molecule has 1 atom stereocenters. The quantitative estimate of drug-likeness (QED) is 0.769. The predicted molar refractivity (Wildman–Crippen MR) is 73.8 cm³/mol. The number of carbonyl (C=O) groups is 1. The summed E-state index contributed by atoms with van der Waals surface area (Å²) in [5.74, 6) is 0.493. The second-order valence-corrected chi connectivity index (χ2v) is 4.57. The first-order valence-electron chi connectivity index (χ1n) is 6.05. The van der Waals surface area contributed by atoms with Gasteiger partial charge in [0.25, 0.3) is 0 Å². The van der Waals surface area contributed by atoms with Crippen LogP contribution < -0.4 is 9.47 Å². The third-order valence-corrected chi connectivity index (χ3v) is 3.01. The molecule has 0 radical (unpaired) electrons. The second kappa shape index (κ2) is 6.83. The topological polar surface area (TPSA) is 55.8 Å². The lowest BCUT2D eigenvalue weighted by Gasteiger charge is -2.16. The molecule has 0 aliphatic heterocycles. The summed E-state index contributed by atoms with van der Waals surface area (Å²) in [4.78, 5) is 10.9. The van der Waals surface area contributed by atoms with Crippen LogP contribution in [0, 0.1) is 5.92 Å². The van der Waals surface area contributed by atoms with Crippen LogP contribution in [0.3, 0.4) is 0 Å². The molecule has 1 unspecified atom stereocenters. The molecular weight excluding hydrogens is 244 g/mol. The molecule has 1 aromatic carbocycles. The highest BCUT2D eigenvalue weighted by atomic mass is 16.5. The zero-order valence-electron chi connectivity index (χ0n) is 11.6. The van der Waals surface area contributed by atoms with E-state index < -0.39 is 5.97 Å². The Morgan fingerprint density at radius 2 is 1.79 bits per heavy atom. The Bertz CT molecular complexity index is 443. The van der Waals surface area contributed by atoms with E-state index in [1.807, 2.05) is 19.1 Å². The smallest absolute Gasteiger partial charge is 0.303 e. The Balaban J connectivity index is 2.94. The van der Waals surface area contributed by atoms with E-state index in [1.165, 1.54) is 0 Å². The molecule has 4 heteroatoms. The van der Waals surface area contributed by atoms with Gasteiger partial charge in [-0.2, -0.15) is 0 Å². The molecule has 0 saturated heterocycles. The van der Waals surface area contributed by atoms with Crippen LogP contribution in [-0.2, 0) is 11.2 Å². The summed E-state index contributed by atoms with van der Waals surface area (Å²) in [5.41, 5.74) is 1.84. The second-order valence-electron chi connectivity index (χ2n) is 4.57. The molecule has 0 heterocycles. The minimum Gasteiger partial charge on any atom is -0.497 e. The van der Waals surface area contributed by atoms with Crippen LogP contribution in [0.4, 0.5) is 0 Å². The molecule has 1 aromatic rings. The minimum atomic E-state index is -0.817. The predicted octanol–water partition coefficient (Wildman–Crippen LogP) is 2.91. The number of hydrogen-bond acceptors (Lipinski definition) is 3. The van der Waals surface area contributed by atoms with Crippen molar-refractivity contribution in [2.24, 2.45) is 5.92 Å². The van der Waals surface area contributed by atoms with Gasteiger partial charge in [0, 0.05) is 6.07 Å². The number of rotatable bonds is 7. The SMILES string of the molecule is C=C(C)C(CC(=O)O)Cc1cc(OC)cc(OC)c1. The van der Waals surface area contributed by atoms with Gasteiger partial charge in [0.1, 0.15) is 11.5 Å². The van der Waals surface area contributed by atoms with Gasteiger partial charge in [-0.1, -0.05) is 12.2 Å². The third kappa shape index (κ3) is 4.66. The van der Waals surface area contributed by atoms with Gasteiger partial charge >= 0.3 is 5.97 Å². The highest BCUT2D eigenvalue weighted by Crippen LogP contribution is 2.26. The van der Waals surface area contributed by atoms with Gasteiger partial charge in [0.05, 0.1) is 20.6 Å². The normalized spacial score (nSPS) is 11.7. The van der Waals surface area contributed by atoms with Crippen molar-refractivity contribution in [3.8, 4) is 11.5 Å². The molecule has 0 bridgehead atoms. The molecule has 0 spiro atoms. The van der Waals surface area contributed by atoms with Crippen molar-refractivity contribution in [3.63, 3.8) is 0 Å². The number of ether oxygens (including phenoxy) is 2. The van der Waals surface area contributed by atoms with Crippen LogP contribution in [0.15, 0.2) is 30.4 Å². The van der Waals surface area contributed by atoms with Crippen molar-refractivity contribution in [2.75, 3.05) is 14.2 Å². The third-order valence-electron chi connectivity index (χ3n) is 3.01. The van der Waals surface area contributed by atoms with Gasteiger partial charge in [-0.3, -0.25) is 4.79 Å². The van der Waals surface area contributed by atoms with Crippen LogP contribution in [0.2, 0.25) is 0 Å². The fraction of sp³-hybridized carbons (Fsp3) is 0.400. The van der Waals surface area contributed by atoms with Crippen LogP contribution >= 0.6 is 0 Å². The standard InChI is InChI=1S/C15H20O4/c1-10(2)12(8-15(16)17)5-11-6-13(18-3)9-14(7-11)19-4/h6-7,9,12H,1,5,8H2,2-4H3,(H,16,17). The van der Waals surface area contributed by atoms with Crippen LogP contribution in [0.25, 0.3) is 0 Å². The number of aliphatic carboxylic acids is 1. The number of allylic oxidation sites excluding steroid dienone is 1. The van der Waals surface area contributed by atoms with Gasteiger partial charge in [0.15, 0.2) is 0 Å². The lowest BCUT2D eigenvalue weighted by atomic mass is 9.90. The molecule has 104 valence electrons. The van der Waals surface area contributed by atoms with Crippen LogP contribution in [-0.4, -0.2) is 25.3 Å². The summed E-state index contributed by atoms with van der Waals surface area (Å²) in [5, 5.41) is 8.92. The molecule has 0 aliphatic carbocycles. The Labute approximate surface area is 113 Å². The highest BCUT2D eigenvalue weighted by molar-refractivity contribution is 5.67. The summed E-state index contributed by atoms with van der Waals surface area (Å²) >= 11 is 0. The average Bonchev–Trinajstić information content (AvgIpc) is 2.36. The van der Waals surface area contributed by atoms with Gasteiger partial charge < -0.3 is 14.6 Å². The maximum Gasteiger partial charge on any atom is 0.303 e. The zero-order chi connectivity index (χ0) is 14.4. The molecule has 0 aromatic heterocycles. The van der Waals surface area contributed by atoms with E-state index in [0.29, 0.717) is 17.9 Å². The van der Waals surface area contributed by atoms with E-state index in [-0.39, 0.29) is 12.3 Å². The first kappa shape index (κ1) is 15.1. The summed E-state index contributed by atoms with van der Waals surface area (Å²) in [6.07, 6.45) is 0.685. The zero-order valence-corrected chi connectivity index (χ0v) is 11.6. The van der Waals surface area contributed by atoms with Crippen molar-refractivity contribution in [2.45, 2.75) is 19.8 Å². The van der Waals surface area contributed by atoms with Crippen molar-refractivity contribution in [3.05, 3.63) is 35.9 Å². The van der Waals surface area contributed by atoms with E-state index in [1.54, 1.807) is 20.3 Å². The number of methoxy groups -OCH3 is 2. The summed E-state index contributed by atoms with van der Waals surface area (Å²) in [6.45, 7) is 5.72. The summed E-state index contributed by atoms with van der Waals surface area (Å²) in [6, 6.07) is 5.57. The van der Waals surface area contributed by atoms with Crippen molar-refractivity contribution >= 4 is 5.97 Å². The highest BCUT2D eigenvalue weighted by Gasteiger charge is 2.15. The number of carboxylic acids is 1. The first-order chi connectivity index (χ1) is 8.96. The molecule has 1 rings (SSSR count). The Hall–Kier alpha value is -1.97. The molecule has 0 saturated carbocycles. The monoisotopic (exact) mass is 264 g/mol. The van der Waals surface area contributed by atoms with Gasteiger partial charge in [-0.25, -0.2) is 0 Å². The maximum absolute atomic E-state index is 10.9. The first-order valence-corrected chi connectivity index (χ1v) is 6.05. The largest absolute Gasteiger partial charge is 0.497 e. The molecule has 0 aliphatic rings. The van der Waals surface area contributed by atoms with Crippen LogP contribution in [0.1, 0.15) is 18.9 Å². The Morgan fingerprint density at radius 3 is 2.16 bits per heavy atom. The molecule has 0 amide bonds. The van der Waals surface area contributed by atoms with Gasteiger partial charge in [-0.15, -0.1) is 0 Å².